The molecule has 2 aliphatic rings. The first-order chi connectivity index (χ1) is 8.11. The van der Waals surface area contributed by atoms with E-state index >= 15 is 0 Å². The molecule has 1 spiro atoms. The molecule has 6 nitrogen and oxygen atoms in total. The monoisotopic (exact) mass is 242 g/mol. The molecule has 0 aromatic rings. The molecule has 2 aliphatic heterocycles. The summed E-state index contributed by atoms with van der Waals surface area (Å²) in [5.74, 6) is -0.825. The Morgan fingerprint density at radius 2 is 2.18 bits per heavy atom. The number of hydrogen-bond donors (Lipinski definition) is 2. The predicted molar refractivity (Wildman–Crippen MR) is 59.8 cm³/mol. The molecule has 0 atom stereocenters. The van der Waals surface area contributed by atoms with Crippen LogP contribution in [0.5, 0.6) is 0 Å². The van der Waals surface area contributed by atoms with Gasteiger partial charge in [0.2, 0.25) is 0 Å². The molecule has 2 saturated heterocycles. The van der Waals surface area contributed by atoms with Crippen molar-refractivity contribution in [3.05, 3.63) is 0 Å². The summed E-state index contributed by atoms with van der Waals surface area (Å²) in [6, 6.07) is 0. The van der Waals surface area contributed by atoms with Gasteiger partial charge in [-0.2, -0.15) is 0 Å². The Hall–Kier alpha value is -1.30. The first kappa shape index (κ1) is 12.2. The number of nitrogens with zero attached hydrogens (tertiary/aromatic N) is 1. The fraction of sp³-hybridized carbons (Fsp3) is 0.818. The van der Waals surface area contributed by atoms with E-state index in [0.29, 0.717) is 19.5 Å². The molecule has 96 valence electrons. The third-order valence-electron chi connectivity index (χ3n) is 3.37. The first-order valence-corrected chi connectivity index (χ1v) is 6.02. The van der Waals surface area contributed by atoms with Crippen LogP contribution in [0.25, 0.3) is 0 Å². The third-order valence-corrected chi connectivity index (χ3v) is 3.37. The molecule has 0 aromatic heterocycles. The number of carboxylic acid groups (broad SMARTS) is 1. The van der Waals surface area contributed by atoms with Crippen LogP contribution in [0, 0.1) is 0 Å². The second-order valence-corrected chi connectivity index (χ2v) is 4.72. The van der Waals surface area contributed by atoms with E-state index in [1.807, 2.05) is 0 Å². The summed E-state index contributed by atoms with van der Waals surface area (Å²) in [5.41, 5.74) is -0.328. The Bertz CT molecular complexity index is 313. The van der Waals surface area contributed by atoms with Crippen molar-refractivity contribution in [1.29, 1.82) is 0 Å². The molecule has 2 heterocycles. The molecule has 2 fully saturated rings. The second-order valence-electron chi connectivity index (χ2n) is 4.72. The van der Waals surface area contributed by atoms with Crippen LogP contribution in [0.2, 0.25) is 0 Å². The molecule has 1 amide bonds. The smallest absolute Gasteiger partial charge is 0.410 e. The number of amides is 1. The second kappa shape index (κ2) is 4.91. The summed E-state index contributed by atoms with van der Waals surface area (Å²) in [6.07, 6.45) is 1.97. The fourth-order valence-corrected chi connectivity index (χ4v) is 2.43. The van der Waals surface area contributed by atoms with Crippen molar-refractivity contribution >= 4 is 12.1 Å². The van der Waals surface area contributed by atoms with Crippen molar-refractivity contribution in [3.63, 3.8) is 0 Å². The summed E-state index contributed by atoms with van der Waals surface area (Å²) >= 11 is 0. The molecule has 0 saturated carbocycles. The van der Waals surface area contributed by atoms with Crippen molar-refractivity contribution in [2.75, 3.05) is 26.2 Å². The third kappa shape index (κ3) is 2.88. The maximum atomic E-state index is 11.7. The molecule has 17 heavy (non-hydrogen) atoms. The SMILES string of the molecule is O=C(O)CCCN1CC2(CCNCC2)OC1=O. The predicted octanol–water partition coefficient (Wildman–Crippen LogP) is 0.426. The molecular weight excluding hydrogens is 224 g/mol. The van der Waals surface area contributed by atoms with Crippen molar-refractivity contribution < 1.29 is 19.4 Å². The molecule has 0 unspecified atom stereocenters. The molecular formula is C11H18N2O4. The standard InChI is InChI=1S/C11H18N2O4/c14-9(15)2-1-7-13-8-11(17-10(13)16)3-5-12-6-4-11/h12H,1-8H2,(H,14,15). The van der Waals surface area contributed by atoms with Gasteiger partial charge in [-0.15, -0.1) is 0 Å². The van der Waals surface area contributed by atoms with E-state index in [4.69, 9.17) is 9.84 Å². The fourth-order valence-electron chi connectivity index (χ4n) is 2.43. The summed E-state index contributed by atoms with van der Waals surface area (Å²) in [4.78, 5) is 23.7. The Morgan fingerprint density at radius 1 is 1.47 bits per heavy atom. The van der Waals surface area contributed by atoms with Gasteiger partial charge in [0, 0.05) is 25.8 Å². The molecule has 2 rings (SSSR count). The molecule has 0 radical (unpaired) electrons. The first-order valence-electron chi connectivity index (χ1n) is 6.02. The normalized spacial score (nSPS) is 22.8. The van der Waals surface area contributed by atoms with E-state index in [0.717, 1.165) is 25.9 Å². The summed E-state index contributed by atoms with van der Waals surface area (Å²) < 4.78 is 5.46. The van der Waals surface area contributed by atoms with Crippen molar-refractivity contribution in [2.45, 2.75) is 31.3 Å². The maximum Gasteiger partial charge on any atom is 0.410 e. The van der Waals surface area contributed by atoms with Crippen LogP contribution in [0.4, 0.5) is 4.79 Å². The average molecular weight is 242 g/mol. The molecule has 6 heteroatoms. The zero-order valence-corrected chi connectivity index (χ0v) is 9.78. The van der Waals surface area contributed by atoms with Crippen LogP contribution in [0.3, 0.4) is 0 Å². The molecule has 2 N–H and O–H groups in total. The highest BCUT2D eigenvalue weighted by molar-refractivity contribution is 5.71. The highest BCUT2D eigenvalue weighted by Gasteiger charge is 2.45. The van der Waals surface area contributed by atoms with Crippen LogP contribution in [0.15, 0.2) is 0 Å². The van der Waals surface area contributed by atoms with Gasteiger partial charge in [-0.25, -0.2) is 4.79 Å². The van der Waals surface area contributed by atoms with E-state index in [-0.39, 0.29) is 18.1 Å². The lowest BCUT2D eigenvalue weighted by Crippen LogP contribution is -2.44. The van der Waals surface area contributed by atoms with E-state index in [2.05, 4.69) is 5.32 Å². The molecule has 0 aromatic carbocycles. The van der Waals surface area contributed by atoms with Gasteiger partial charge in [0.05, 0.1) is 6.54 Å². The number of carbonyl (C=O) groups excluding carboxylic acids is 1. The molecule has 0 bridgehead atoms. The summed E-state index contributed by atoms with van der Waals surface area (Å²) in [7, 11) is 0. The van der Waals surface area contributed by atoms with Crippen LogP contribution in [0.1, 0.15) is 25.7 Å². The number of piperidine rings is 1. The lowest BCUT2D eigenvalue weighted by Gasteiger charge is -2.31. The highest BCUT2D eigenvalue weighted by Crippen LogP contribution is 2.31. The summed E-state index contributed by atoms with van der Waals surface area (Å²) in [5, 5.41) is 11.8. The van der Waals surface area contributed by atoms with Crippen molar-refractivity contribution in [1.82, 2.24) is 10.2 Å². The van der Waals surface area contributed by atoms with Gasteiger partial charge in [0.25, 0.3) is 0 Å². The topological polar surface area (TPSA) is 78.9 Å². The van der Waals surface area contributed by atoms with Crippen LogP contribution < -0.4 is 5.32 Å². The minimum Gasteiger partial charge on any atom is -0.481 e. The largest absolute Gasteiger partial charge is 0.481 e. The van der Waals surface area contributed by atoms with E-state index < -0.39 is 5.97 Å². The number of nitrogens with one attached hydrogen (secondary N) is 1. The number of aliphatic carboxylic acids is 1. The zero-order chi connectivity index (χ0) is 12.3. The number of carbonyl (C=O) groups is 2. The maximum absolute atomic E-state index is 11.7. The van der Waals surface area contributed by atoms with Gasteiger partial charge in [-0.1, -0.05) is 0 Å². The van der Waals surface area contributed by atoms with Gasteiger partial charge in [0.1, 0.15) is 5.60 Å². The lowest BCUT2D eigenvalue weighted by atomic mass is 9.92. The molecule has 0 aliphatic carbocycles. The van der Waals surface area contributed by atoms with E-state index in [1.54, 1.807) is 4.90 Å². The number of ether oxygens (including phenoxy) is 1. The number of rotatable bonds is 4. The van der Waals surface area contributed by atoms with Gasteiger partial charge in [-0.3, -0.25) is 4.79 Å². The van der Waals surface area contributed by atoms with Crippen molar-refractivity contribution in [2.24, 2.45) is 0 Å². The minimum atomic E-state index is -0.825. The Morgan fingerprint density at radius 3 is 2.82 bits per heavy atom. The highest BCUT2D eigenvalue weighted by atomic mass is 16.6. The average Bonchev–Trinajstić information content (AvgIpc) is 2.56. The number of carboxylic acids is 1. The van der Waals surface area contributed by atoms with Gasteiger partial charge in [0.15, 0.2) is 0 Å². The van der Waals surface area contributed by atoms with Crippen LogP contribution in [-0.2, 0) is 9.53 Å². The Balaban J connectivity index is 1.84. The minimum absolute atomic E-state index is 0.0956. The van der Waals surface area contributed by atoms with E-state index in [9.17, 15) is 9.59 Å². The summed E-state index contributed by atoms with van der Waals surface area (Å²) in [6.45, 7) is 2.82. The Labute approximate surface area is 99.9 Å². The van der Waals surface area contributed by atoms with Crippen LogP contribution in [-0.4, -0.2) is 53.8 Å². The van der Waals surface area contributed by atoms with Gasteiger partial charge in [-0.05, 0) is 19.5 Å². The van der Waals surface area contributed by atoms with Crippen LogP contribution >= 0.6 is 0 Å². The number of hydrogen-bond acceptors (Lipinski definition) is 4. The lowest BCUT2D eigenvalue weighted by molar-refractivity contribution is -0.137. The van der Waals surface area contributed by atoms with Gasteiger partial charge >= 0.3 is 12.1 Å². The van der Waals surface area contributed by atoms with Crippen molar-refractivity contribution in [3.8, 4) is 0 Å². The van der Waals surface area contributed by atoms with E-state index in [1.165, 1.54) is 0 Å². The van der Waals surface area contributed by atoms with Gasteiger partial charge < -0.3 is 20.1 Å². The Kier molecular flexibility index (Phi) is 3.51. The quantitative estimate of drug-likeness (QED) is 0.747. The zero-order valence-electron chi connectivity index (χ0n) is 9.78.